The molecule has 1 unspecified atom stereocenters. The van der Waals surface area contributed by atoms with Gasteiger partial charge < -0.3 is 5.32 Å². The van der Waals surface area contributed by atoms with Crippen LogP contribution in [0.25, 0.3) is 0 Å². The number of hydrogen-bond acceptors (Lipinski definition) is 3. The molecular formula is C12H18N2S2. The van der Waals surface area contributed by atoms with Gasteiger partial charge in [0.2, 0.25) is 0 Å². The van der Waals surface area contributed by atoms with E-state index in [0.717, 1.165) is 17.5 Å². The van der Waals surface area contributed by atoms with E-state index in [-0.39, 0.29) is 5.41 Å². The number of nitrogens with zero attached hydrogens (tertiary/aromatic N) is 1. The normalized spacial score (nSPS) is 23.7. The van der Waals surface area contributed by atoms with Crippen LogP contribution in [0, 0.1) is 0 Å². The van der Waals surface area contributed by atoms with Crippen molar-refractivity contribution in [1.29, 1.82) is 0 Å². The predicted molar refractivity (Wildman–Crippen MR) is 74.7 cm³/mol. The van der Waals surface area contributed by atoms with Gasteiger partial charge in [-0.1, -0.05) is 31.7 Å². The Morgan fingerprint density at radius 3 is 2.94 bits per heavy atom. The highest BCUT2D eigenvalue weighted by molar-refractivity contribution is 8.14. The second-order valence-electron chi connectivity index (χ2n) is 4.84. The Bertz CT molecular complexity index is 368. The molecule has 88 valence electrons. The Morgan fingerprint density at radius 1 is 1.56 bits per heavy atom. The Balaban J connectivity index is 1.99. The third kappa shape index (κ3) is 2.80. The molecular weight excluding hydrogens is 236 g/mol. The van der Waals surface area contributed by atoms with Gasteiger partial charge in [0.05, 0.1) is 6.54 Å². The van der Waals surface area contributed by atoms with Crippen molar-refractivity contribution in [2.75, 3.05) is 12.3 Å². The molecule has 0 spiro atoms. The quantitative estimate of drug-likeness (QED) is 0.896. The van der Waals surface area contributed by atoms with E-state index in [2.05, 4.69) is 48.6 Å². The van der Waals surface area contributed by atoms with E-state index in [9.17, 15) is 0 Å². The molecule has 4 heteroatoms. The predicted octanol–water partition coefficient (Wildman–Crippen LogP) is 3.11. The first-order valence-corrected chi connectivity index (χ1v) is 7.42. The minimum atomic E-state index is 0.148. The summed E-state index contributed by atoms with van der Waals surface area (Å²) in [6, 6.07) is 4.87. The minimum Gasteiger partial charge on any atom is -0.362 e. The summed E-state index contributed by atoms with van der Waals surface area (Å²) in [5.74, 6) is 1.14. The number of nitrogens with one attached hydrogen (secondary N) is 1. The lowest BCUT2D eigenvalue weighted by molar-refractivity contribution is 0.551. The van der Waals surface area contributed by atoms with Crippen LogP contribution in [0.1, 0.15) is 25.6 Å². The summed E-state index contributed by atoms with van der Waals surface area (Å²) in [5.41, 5.74) is 0.148. The highest BCUT2D eigenvalue weighted by atomic mass is 32.2. The first kappa shape index (κ1) is 12.0. The molecule has 1 saturated heterocycles. The summed E-state index contributed by atoms with van der Waals surface area (Å²) in [4.78, 5) is 6.09. The highest BCUT2D eigenvalue weighted by Gasteiger charge is 2.22. The summed E-state index contributed by atoms with van der Waals surface area (Å²) in [6.07, 6.45) is 0. The van der Waals surface area contributed by atoms with Crippen LogP contribution in [-0.4, -0.2) is 23.5 Å². The second-order valence-corrected chi connectivity index (χ2v) is 6.80. The van der Waals surface area contributed by atoms with E-state index in [1.54, 1.807) is 0 Å². The molecule has 0 saturated carbocycles. The molecule has 2 nitrogen and oxygen atoms in total. The largest absolute Gasteiger partial charge is 0.362 e. The van der Waals surface area contributed by atoms with Crippen LogP contribution >= 0.6 is 23.1 Å². The Morgan fingerprint density at radius 2 is 2.38 bits per heavy atom. The number of thiophene rings is 1. The van der Waals surface area contributed by atoms with Gasteiger partial charge in [0.25, 0.3) is 0 Å². The fraction of sp³-hybridized carbons (Fsp3) is 0.583. The molecule has 0 radical (unpaired) electrons. The number of thioether (sulfide) groups is 1. The van der Waals surface area contributed by atoms with Crippen LogP contribution in [0.15, 0.2) is 22.5 Å². The Labute approximate surface area is 106 Å². The minimum absolute atomic E-state index is 0.148. The summed E-state index contributed by atoms with van der Waals surface area (Å²) < 4.78 is 0. The molecule has 1 aliphatic heterocycles. The molecule has 2 rings (SSSR count). The number of amidine groups is 1. The van der Waals surface area contributed by atoms with E-state index in [1.165, 1.54) is 4.88 Å². The van der Waals surface area contributed by atoms with Crippen molar-refractivity contribution >= 4 is 28.3 Å². The highest BCUT2D eigenvalue weighted by Crippen LogP contribution is 2.28. The van der Waals surface area contributed by atoms with Gasteiger partial charge in [0.15, 0.2) is 5.17 Å². The zero-order valence-electron chi connectivity index (χ0n) is 9.99. The number of aliphatic imine (C=N–C) groups is 1. The summed E-state index contributed by atoms with van der Waals surface area (Å²) in [6.45, 7) is 7.56. The van der Waals surface area contributed by atoms with Crippen LogP contribution in [-0.2, 0) is 5.41 Å². The molecule has 1 aromatic rings. The van der Waals surface area contributed by atoms with Crippen molar-refractivity contribution in [3.05, 3.63) is 22.4 Å². The lowest BCUT2D eigenvalue weighted by atomic mass is 9.92. The molecule has 2 heterocycles. The molecule has 0 amide bonds. The topological polar surface area (TPSA) is 24.4 Å². The molecule has 0 aromatic carbocycles. The standard InChI is InChI=1S/C12H18N2S2/c1-9-7-16-11(14-9)13-8-12(2,3)10-5-4-6-15-10/h4-6,9H,7-8H2,1-3H3,(H,13,14). The maximum Gasteiger partial charge on any atom is 0.156 e. The van der Waals surface area contributed by atoms with Gasteiger partial charge in [0, 0.05) is 22.1 Å². The third-order valence-corrected chi connectivity index (χ3v) is 5.07. The van der Waals surface area contributed by atoms with Gasteiger partial charge in [-0.2, -0.15) is 0 Å². The van der Waals surface area contributed by atoms with Crippen LogP contribution < -0.4 is 5.32 Å². The average molecular weight is 254 g/mol. The van der Waals surface area contributed by atoms with Crippen molar-refractivity contribution in [2.24, 2.45) is 4.99 Å². The molecule has 0 aliphatic carbocycles. The summed E-state index contributed by atoms with van der Waals surface area (Å²) in [5, 5.41) is 6.63. The second kappa shape index (κ2) is 4.80. The third-order valence-electron chi connectivity index (χ3n) is 2.65. The zero-order chi connectivity index (χ0) is 11.6. The van der Waals surface area contributed by atoms with Gasteiger partial charge in [-0.05, 0) is 18.4 Å². The first-order chi connectivity index (χ1) is 7.58. The van der Waals surface area contributed by atoms with E-state index in [1.807, 2.05) is 23.1 Å². The van der Waals surface area contributed by atoms with Crippen LogP contribution in [0.3, 0.4) is 0 Å². The van der Waals surface area contributed by atoms with Gasteiger partial charge in [-0.15, -0.1) is 11.3 Å². The molecule has 1 fully saturated rings. The van der Waals surface area contributed by atoms with E-state index in [0.29, 0.717) is 6.04 Å². The van der Waals surface area contributed by atoms with Crippen molar-refractivity contribution in [2.45, 2.75) is 32.2 Å². The fourth-order valence-corrected chi connectivity index (χ4v) is 3.38. The monoisotopic (exact) mass is 254 g/mol. The molecule has 16 heavy (non-hydrogen) atoms. The smallest absolute Gasteiger partial charge is 0.156 e. The Hall–Kier alpha value is -0.480. The van der Waals surface area contributed by atoms with Crippen molar-refractivity contribution in [3.63, 3.8) is 0 Å². The van der Waals surface area contributed by atoms with Gasteiger partial charge in [0.1, 0.15) is 0 Å². The van der Waals surface area contributed by atoms with Crippen LogP contribution in [0.2, 0.25) is 0 Å². The molecule has 1 aromatic heterocycles. The maximum absolute atomic E-state index is 4.68. The van der Waals surface area contributed by atoms with E-state index < -0.39 is 0 Å². The summed E-state index contributed by atoms with van der Waals surface area (Å²) >= 11 is 3.65. The van der Waals surface area contributed by atoms with Gasteiger partial charge >= 0.3 is 0 Å². The Kier molecular flexibility index (Phi) is 3.60. The van der Waals surface area contributed by atoms with E-state index >= 15 is 0 Å². The maximum atomic E-state index is 4.68. The number of hydrogen-bond donors (Lipinski definition) is 1. The first-order valence-electron chi connectivity index (χ1n) is 5.56. The molecule has 1 atom stereocenters. The fourth-order valence-electron chi connectivity index (χ4n) is 1.60. The van der Waals surface area contributed by atoms with E-state index in [4.69, 9.17) is 0 Å². The molecule has 1 N–H and O–H groups in total. The van der Waals surface area contributed by atoms with Crippen LogP contribution in [0.5, 0.6) is 0 Å². The SMILES string of the molecule is CC1CSC(=NCC(C)(C)c2cccs2)N1. The lowest BCUT2D eigenvalue weighted by Gasteiger charge is -2.20. The van der Waals surface area contributed by atoms with Crippen LogP contribution in [0.4, 0.5) is 0 Å². The van der Waals surface area contributed by atoms with Crippen molar-refractivity contribution in [3.8, 4) is 0 Å². The van der Waals surface area contributed by atoms with Crippen molar-refractivity contribution < 1.29 is 0 Å². The number of rotatable bonds is 3. The molecule has 1 aliphatic rings. The lowest BCUT2D eigenvalue weighted by Crippen LogP contribution is -2.26. The van der Waals surface area contributed by atoms with Gasteiger partial charge in [-0.25, -0.2) is 0 Å². The van der Waals surface area contributed by atoms with Crippen molar-refractivity contribution in [1.82, 2.24) is 5.32 Å². The average Bonchev–Trinajstić information content (AvgIpc) is 2.85. The molecule has 0 bridgehead atoms. The summed E-state index contributed by atoms with van der Waals surface area (Å²) in [7, 11) is 0. The zero-order valence-corrected chi connectivity index (χ0v) is 11.6. The van der Waals surface area contributed by atoms with Gasteiger partial charge in [-0.3, -0.25) is 4.99 Å².